The molecule has 21 heavy (non-hydrogen) atoms. The van der Waals surface area contributed by atoms with Crippen LogP contribution in [0.5, 0.6) is 0 Å². The second-order valence-corrected chi connectivity index (χ2v) is 6.20. The number of halogens is 1. The molecule has 0 bridgehead atoms. The number of anilines is 2. The highest BCUT2D eigenvalue weighted by molar-refractivity contribution is 7.92. The molecule has 110 valence electrons. The maximum Gasteiger partial charge on any atom is 0.335 e. The molecule has 0 amide bonds. The number of hydrogen-bond acceptors (Lipinski definition) is 4. The molecule has 0 saturated heterocycles. The molecule has 0 fully saturated rings. The second kappa shape index (κ2) is 5.63. The van der Waals surface area contributed by atoms with Crippen LogP contribution in [0.4, 0.5) is 11.4 Å². The van der Waals surface area contributed by atoms with Gasteiger partial charge in [0, 0.05) is 0 Å². The van der Waals surface area contributed by atoms with Crippen molar-refractivity contribution >= 4 is 39.0 Å². The average Bonchev–Trinajstić information content (AvgIpc) is 2.41. The predicted molar refractivity (Wildman–Crippen MR) is 80.1 cm³/mol. The number of nitrogens with one attached hydrogen (secondary N) is 1. The van der Waals surface area contributed by atoms with Crippen LogP contribution in [-0.2, 0) is 10.0 Å². The Morgan fingerprint density at radius 2 is 1.86 bits per heavy atom. The van der Waals surface area contributed by atoms with Crippen molar-refractivity contribution in [1.82, 2.24) is 0 Å². The van der Waals surface area contributed by atoms with E-state index in [0.717, 1.165) is 0 Å². The minimum Gasteiger partial charge on any atom is -0.478 e. The Morgan fingerprint density at radius 3 is 2.43 bits per heavy atom. The van der Waals surface area contributed by atoms with Gasteiger partial charge in [0.25, 0.3) is 10.0 Å². The van der Waals surface area contributed by atoms with E-state index in [0.29, 0.717) is 0 Å². The van der Waals surface area contributed by atoms with Gasteiger partial charge in [-0.3, -0.25) is 4.72 Å². The van der Waals surface area contributed by atoms with Gasteiger partial charge in [0.15, 0.2) is 0 Å². The molecule has 0 saturated carbocycles. The molecule has 0 heterocycles. The maximum atomic E-state index is 12.2. The van der Waals surface area contributed by atoms with E-state index in [1.807, 2.05) is 0 Å². The van der Waals surface area contributed by atoms with Gasteiger partial charge in [-0.05, 0) is 30.3 Å². The molecule has 0 radical (unpaired) electrons. The van der Waals surface area contributed by atoms with Crippen LogP contribution in [-0.4, -0.2) is 19.5 Å². The molecule has 6 nitrogen and oxygen atoms in total. The van der Waals surface area contributed by atoms with E-state index in [9.17, 15) is 13.2 Å². The Balaban J connectivity index is 2.38. The molecular formula is C13H11ClN2O4S. The highest BCUT2D eigenvalue weighted by Crippen LogP contribution is 2.26. The first-order valence-electron chi connectivity index (χ1n) is 5.71. The molecule has 2 aromatic rings. The minimum absolute atomic E-state index is 0.00512. The highest BCUT2D eigenvalue weighted by Gasteiger charge is 2.19. The third-order valence-electron chi connectivity index (χ3n) is 2.67. The van der Waals surface area contributed by atoms with Crippen LogP contribution in [0.1, 0.15) is 10.4 Å². The van der Waals surface area contributed by atoms with Crippen LogP contribution < -0.4 is 10.5 Å². The van der Waals surface area contributed by atoms with E-state index in [1.54, 1.807) is 6.07 Å². The number of sulfonamides is 1. The monoisotopic (exact) mass is 326 g/mol. The van der Waals surface area contributed by atoms with Gasteiger partial charge >= 0.3 is 5.97 Å². The summed E-state index contributed by atoms with van der Waals surface area (Å²) in [5.41, 5.74) is 5.71. The van der Waals surface area contributed by atoms with Gasteiger partial charge in [-0.25, -0.2) is 13.2 Å². The van der Waals surface area contributed by atoms with Gasteiger partial charge in [0.05, 0.1) is 22.0 Å². The van der Waals surface area contributed by atoms with Gasteiger partial charge in [-0.15, -0.1) is 0 Å². The van der Waals surface area contributed by atoms with Crippen molar-refractivity contribution in [2.75, 3.05) is 10.5 Å². The molecule has 0 unspecified atom stereocenters. The summed E-state index contributed by atoms with van der Waals surface area (Å²) in [6.45, 7) is 0. The highest BCUT2D eigenvalue weighted by atomic mass is 35.5. The van der Waals surface area contributed by atoms with Crippen molar-refractivity contribution in [3.63, 3.8) is 0 Å². The normalized spacial score (nSPS) is 11.1. The Morgan fingerprint density at radius 1 is 1.19 bits per heavy atom. The van der Waals surface area contributed by atoms with E-state index < -0.39 is 16.0 Å². The molecule has 2 aromatic carbocycles. The number of aromatic carboxylic acids is 1. The maximum absolute atomic E-state index is 12.2. The molecule has 0 aliphatic carbocycles. The van der Waals surface area contributed by atoms with Crippen LogP contribution in [0.2, 0.25) is 5.02 Å². The first-order valence-corrected chi connectivity index (χ1v) is 7.57. The molecule has 0 aliphatic rings. The lowest BCUT2D eigenvalue weighted by molar-refractivity contribution is 0.0697. The summed E-state index contributed by atoms with van der Waals surface area (Å²) in [6.07, 6.45) is 0. The van der Waals surface area contributed by atoms with Crippen molar-refractivity contribution < 1.29 is 18.3 Å². The third kappa shape index (κ3) is 3.26. The van der Waals surface area contributed by atoms with Crippen LogP contribution >= 0.6 is 11.6 Å². The number of carboxylic acid groups (broad SMARTS) is 1. The SMILES string of the molecule is Nc1cc(C(=O)O)ccc1NS(=O)(=O)c1ccccc1Cl. The van der Waals surface area contributed by atoms with Crippen LogP contribution in [0.15, 0.2) is 47.4 Å². The molecule has 8 heteroatoms. The molecule has 0 aromatic heterocycles. The Hall–Kier alpha value is -2.25. The largest absolute Gasteiger partial charge is 0.478 e. The van der Waals surface area contributed by atoms with E-state index in [1.165, 1.54) is 36.4 Å². The summed E-state index contributed by atoms with van der Waals surface area (Å²) in [5, 5.41) is 8.91. The van der Waals surface area contributed by atoms with E-state index in [2.05, 4.69) is 4.72 Å². The standard InChI is InChI=1S/C13H11ClN2O4S/c14-9-3-1-2-4-12(9)21(19,20)16-11-6-5-8(13(17)18)7-10(11)15/h1-7,16H,15H2,(H,17,18). The van der Waals surface area contributed by atoms with Crippen LogP contribution in [0.3, 0.4) is 0 Å². The lowest BCUT2D eigenvalue weighted by Gasteiger charge is -2.11. The van der Waals surface area contributed by atoms with E-state index >= 15 is 0 Å². The van der Waals surface area contributed by atoms with Gasteiger partial charge in [0.2, 0.25) is 0 Å². The molecule has 0 atom stereocenters. The fourth-order valence-electron chi connectivity index (χ4n) is 1.65. The Bertz CT molecular complexity index is 806. The van der Waals surface area contributed by atoms with Gasteiger partial charge in [-0.2, -0.15) is 0 Å². The van der Waals surface area contributed by atoms with E-state index in [-0.39, 0.29) is 26.9 Å². The molecule has 0 spiro atoms. The van der Waals surface area contributed by atoms with Crippen molar-refractivity contribution in [2.45, 2.75) is 4.90 Å². The topological polar surface area (TPSA) is 109 Å². The quantitative estimate of drug-likeness (QED) is 0.747. The number of nitrogen functional groups attached to an aromatic ring is 1. The third-order valence-corrected chi connectivity index (χ3v) is 4.53. The van der Waals surface area contributed by atoms with Gasteiger partial charge in [-0.1, -0.05) is 23.7 Å². The number of rotatable bonds is 4. The number of carboxylic acids is 1. The van der Waals surface area contributed by atoms with E-state index in [4.69, 9.17) is 22.4 Å². The summed E-state index contributed by atoms with van der Waals surface area (Å²) in [4.78, 5) is 10.7. The summed E-state index contributed by atoms with van der Waals surface area (Å²) in [5.74, 6) is -1.15. The Labute approximate surface area is 126 Å². The molecular weight excluding hydrogens is 316 g/mol. The second-order valence-electron chi connectivity index (χ2n) is 4.14. The number of hydrogen-bond donors (Lipinski definition) is 3. The Kier molecular flexibility index (Phi) is 4.06. The number of nitrogens with two attached hydrogens (primary N) is 1. The van der Waals surface area contributed by atoms with Crippen LogP contribution in [0, 0.1) is 0 Å². The molecule has 4 N–H and O–H groups in total. The number of benzene rings is 2. The minimum atomic E-state index is -3.91. The first-order chi connectivity index (χ1) is 9.81. The average molecular weight is 327 g/mol. The fourth-order valence-corrected chi connectivity index (χ4v) is 3.26. The first kappa shape index (κ1) is 15.1. The predicted octanol–water partition coefficient (Wildman–Crippen LogP) is 2.42. The zero-order chi connectivity index (χ0) is 15.6. The zero-order valence-corrected chi connectivity index (χ0v) is 12.1. The summed E-state index contributed by atoms with van der Waals surface area (Å²) in [6, 6.07) is 9.66. The van der Waals surface area contributed by atoms with Crippen molar-refractivity contribution in [3.05, 3.63) is 53.1 Å². The summed E-state index contributed by atoms with van der Waals surface area (Å²) in [7, 11) is -3.91. The van der Waals surface area contributed by atoms with Crippen LogP contribution in [0.25, 0.3) is 0 Å². The molecule has 0 aliphatic heterocycles. The van der Waals surface area contributed by atoms with Gasteiger partial charge in [0.1, 0.15) is 4.90 Å². The smallest absolute Gasteiger partial charge is 0.335 e. The van der Waals surface area contributed by atoms with Crippen molar-refractivity contribution in [1.29, 1.82) is 0 Å². The zero-order valence-electron chi connectivity index (χ0n) is 10.6. The van der Waals surface area contributed by atoms with Gasteiger partial charge < -0.3 is 10.8 Å². The van der Waals surface area contributed by atoms with Crippen molar-refractivity contribution in [2.24, 2.45) is 0 Å². The summed E-state index contributed by atoms with van der Waals surface area (Å²) >= 11 is 5.85. The fraction of sp³-hybridized carbons (Fsp3) is 0. The lowest BCUT2D eigenvalue weighted by atomic mass is 10.2. The summed E-state index contributed by atoms with van der Waals surface area (Å²) < 4.78 is 26.7. The number of carbonyl (C=O) groups is 1. The lowest BCUT2D eigenvalue weighted by Crippen LogP contribution is -2.15. The molecule has 2 rings (SSSR count). The van der Waals surface area contributed by atoms with Crippen molar-refractivity contribution in [3.8, 4) is 0 Å².